The second kappa shape index (κ2) is 4.31. The molecule has 0 N–H and O–H groups in total. The van der Waals surface area contributed by atoms with Crippen LogP contribution < -0.4 is 14.9 Å². The summed E-state index contributed by atoms with van der Waals surface area (Å²) in [5.74, 6) is 1.29. The molecule has 0 bridgehead atoms. The molecule has 4 heteroatoms. The first kappa shape index (κ1) is 11.6. The highest BCUT2D eigenvalue weighted by Gasteiger charge is 2.09. The maximum absolute atomic E-state index is 12.4. The molecule has 19 heavy (non-hydrogen) atoms. The van der Waals surface area contributed by atoms with Crippen LogP contribution in [0.3, 0.4) is 0 Å². The first-order chi connectivity index (χ1) is 9.22. The number of hydrogen-bond donors (Lipinski definition) is 0. The van der Waals surface area contributed by atoms with Crippen LogP contribution in [-0.2, 0) is 0 Å². The van der Waals surface area contributed by atoms with E-state index >= 15 is 0 Å². The van der Waals surface area contributed by atoms with Crippen molar-refractivity contribution in [2.24, 2.45) is 0 Å². The van der Waals surface area contributed by atoms with Gasteiger partial charge in [-0.1, -0.05) is 0 Å². The summed E-state index contributed by atoms with van der Waals surface area (Å²) in [7, 11) is 3.14. The molecular weight excluding hydrogens is 244 g/mol. The number of methoxy groups -OCH3 is 2. The summed E-state index contributed by atoms with van der Waals surface area (Å²) in [6, 6.07) is 10.3. The molecule has 0 amide bonds. The average molecular weight is 256 g/mol. The van der Waals surface area contributed by atoms with Crippen LogP contribution in [0.15, 0.2) is 45.6 Å². The number of hydrogen-bond acceptors (Lipinski definition) is 4. The Morgan fingerprint density at radius 1 is 0.842 bits per heavy atom. The minimum atomic E-state index is -0.0715. The third kappa shape index (κ3) is 1.81. The molecule has 0 aliphatic rings. The Morgan fingerprint density at radius 3 is 2.26 bits per heavy atom. The van der Waals surface area contributed by atoms with Crippen molar-refractivity contribution < 1.29 is 13.9 Å². The zero-order valence-electron chi connectivity index (χ0n) is 10.6. The Bertz CT molecular complexity index is 817. The van der Waals surface area contributed by atoms with E-state index in [0.29, 0.717) is 33.4 Å². The lowest BCUT2D eigenvalue weighted by atomic mass is 10.1. The molecule has 96 valence electrons. The summed E-state index contributed by atoms with van der Waals surface area (Å²) < 4.78 is 16.0. The van der Waals surface area contributed by atoms with Gasteiger partial charge < -0.3 is 13.9 Å². The van der Waals surface area contributed by atoms with E-state index in [2.05, 4.69) is 0 Å². The Morgan fingerprint density at radius 2 is 1.53 bits per heavy atom. The van der Waals surface area contributed by atoms with Crippen molar-refractivity contribution in [3.8, 4) is 11.5 Å². The van der Waals surface area contributed by atoms with Gasteiger partial charge >= 0.3 is 0 Å². The monoisotopic (exact) mass is 256 g/mol. The zero-order valence-corrected chi connectivity index (χ0v) is 10.6. The van der Waals surface area contributed by atoms with E-state index in [-0.39, 0.29) is 5.43 Å². The molecule has 0 aliphatic carbocycles. The van der Waals surface area contributed by atoms with Crippen molar-refractivity contribution in [3.05, 3.63) is 46.6 Å². The van der Waals surface area contributed by atoms with E-state index in [9.17, 15) is 4.79 Å². The van der Waals surface area contributed by atoms with Crippen molar-refractivity contribution in [2.45, 2.75) is 0 Å². The summed E-state index contributed by atoms with van der Waals surface area (Å²) in [6.45, 7) is 0. The van der Waals surface area contributed by atoms with Crippen LogP contribution in [0.2, 0.25) is 0 Å². The van der Waals surface area contributed by atoms with Crippen molar-refractivity contribution in [1.29, 1.82) is 0 Å². The third-order valence-corrected chi connectivity index (χ3v) is 3.08. The van der Waals surface area contributed by atoms with Gasteiger partial charge in [-0.3, -0.25) is 4.79 Å². The van der Waals surface area contributed by atoms with Gasteiger partial charge in [-0.05, 0) is 30.3 Å². The smallest absolute Gasteiger partial charge is 0.200 e. The van der Waals surface area contributed by atoms with Gasteiger partial charge in [0.2, 0.25) is 5.43 Å². The van der Waals surface area contributed by atoms with E-state index in [1.807, 2.05) is 0 Å². The Kier molecular flexibility index (Phi) is 2.63. The summed E-state index contributed by atoms with van der Waals surface area (Å²) in [4.78, 5) is 12.4. The summed E-state index contributed by atoms with van der Waals surface area (Å²) in [5.41, 5.74) is 0.978. The van der Waals surface area contributed by atoms with Gasteiger partial charge in [-0.15, -0.1) is 0 Å². The average Bonchev–Trinajstić information content (AvgIpc) is 2.46. The van der Waals surface area contributed by atoms with E-state index in [4.69, 9.17) is 13.9 Å². The first-order valence-corrected chi connectivity index (χ1v) is 5.81. The van der Waals surface area contributed by atoms with Gasteiger partial charge in [-0.25, -0.2) is 0 Å². The second-order valence-electron chi connectivity index (χ2n) is 4.16. The fourth-order valence-electron chi connectivity index (χ4n) is 2.07. The minimum absolute atomic E-state index is 0.0715. The molecule has 0 aliphatic heterocycles. The number of rotatable bonds is 2. The summed E-state index contributed by atoms with van der Waals surface area (Å²) >= 11 is 0. The fourth-order valence-corrected chi connectivity index (χ4v) is 2.07. The van der Waals surface area contributed by atoms with E-state index in [1.54, 1.807) is 50.6 Å². The molecule has 3 aromatic rings. The first-order valence-electron chi connectivity index (χ1n) is 5.81. The van der Waals surface area contributed by atoms with Gasteiger partial charge in [0.25, 0.3) is 0 Å². The predicted molar refractivity (Wildman–Crippen MR) is 73.1 cm³/mol. The van der Waals surface area contributed by atoms with Gasteiger partial charge in [-0.2, -0.15) is 0 Å². The second-order valence-corrected chi connectivity index (χ2v) is 4.16. The molecule has 1 aromatic heterocycles. The van der Waals surface area contributed by atoms with E-state index in [0.717, 1.165) is 0 Å². The van der Waals surface area contributed by atoms with Crippen molar-refractivity contribution in [3.63, 3.8) is 0 Å². The van der Waals surface area contributed by atoms with Crippen LogP contribution in [0.4, 0.5) is 0 Å². The molecular formula is C15H12O4. The topological polar surface area (TPSA) is 48.7 Å². The van der Waals surface area contributed by atoms with Crippen molar-refractivity contribution in [1.82, 2.24) is 0 Å². The number of fused-ring (bicyclic) bond motifs is 2. The molecule has 1 heterocycles. The van der Waals surface area contributed by atoms with Gasteiger partial charge in [0.1, 0.15) is 22.7 Å². The van der Waals surface area contributed by atoms with Gasteiger partial charge in [0.15, 0.2) is 0 Å². The lowest BCUT2D eigenvalue weighted by molar-refractivity contribution is 0.414. The molecule has 0 atom stereocenters. The number of ether oxygens (including phenoxy) is 2. The van der Waals surface area contributed by atoms with Crippen molar-refractivity contribution in [2.75, 3.05) is 14.2 Å². The lowest BCUT2D eigenvalue weighted by Crippen LogP contribution is -2.02. The van der Waals surface area contributed by atoms with Crippen molar-refractivity contribution >= 4 is 21.9 Å². The molecule has 3 rings (SSSR count). The predicted octanol–water partition coefficient (Wildman–Crippen LogP) is 2.96. The van der Waals surface area contributed by atoms with Crippen LogP contribution in [0.1, 0.15) is 0 Å². The Labute approximate surface area is 109 Å². The molecule has 0 radical (unpaired) electrons. The van der Waals surface area contributed by atoms with Gasteiger partial charge in [0.05, 0.1) is 25.0 Å². The third-order valence-electron chi connectivity index (χ3n) is 3.08. The molecule has 0 unspecified atom stereocenters. The van der Waals surface area contributed by atoms with Gasteiger partial charge in [0, 0.05) is 6.07 Å². The van der Waals surface area contributed by atoms with Crippen LogP contribution in [0, 0.1) is 0 Å². The SMILES string of the molecule is COc1ccc2c(=O)c3cc(OC)ccc3oc2c1. The molecule has 0 saturated heterocycles. The van der Waals surface area contributed by atoms with E-state index in [1.165, 1.54) is 0 Å². The van der Waals surface area contributed by atoms with Crippen LogP contribution in [-0.4, -0.2) is 14.2 Å². The largest absolute Gasteiger partial charge is 0.497 e. The maximum atomic E-state index is 12.4. The van der Waals surface area contributed by atoms with Crippen LogP contribution in [0.5, 0.6) is 11.5 Å². The quantitative estimate of drug-likeness (QED) is 0.661. The van der Waals surface area contributed by atoms with Crippen LogP contribution in [0.25, 0.3) is 21.9 Å². The fraction of sp³-hybridized carbons (Fsp3) is 0.133. The zero-order chi connectivity index (χ0) is 13.4. The maximum Gasteiger partial charge on any atom is 0.200 e. The van der Waals surface area contributed by atoms with E-state index < -0.39 is 0 Å². The summed E-state index contributed by atoms with van der Waals surface area (Å²) in [6.07, 6.45) is 0. The molecule has 2 aromatic carbocycles. The minimum Gasteiger partial charge on any atom is -0.497 e. The molecule has 0 fully saturated rings. The lowest BCUT2D eigenvalue weighted by Gasteiger charge is -2.05. The molecule has 0 spiro atoms. The standard InChI is InChI=1S/C15H12O4/c1-17-9-4-6-13-12(7-9)15(16)11-5-3-10(18-2)8-14(11)19-13/h3-8H,1-2H3. The number of benzene rings is 2. The normalized spacial score (nSPS) is 10.8. The highest BCUT2D eigenvalue weighted by Crippen LogP contribution is 2.24. The van der Waals surface area contributed by atoms with Crippen LogP contribution >= 0.6 is 0 Å². The molecule has 4 nitrogen and oxygen atoms in total. The highest BCUT2D eigenvalue weighted by atomic mass is 16.5. The highest BCUT2D eigenvalue weighted by molar-refractivity contribution is 5.90. The Balaban J connectivity index is 2.41. The summed E-state index contributed by atoms with van der Waals surface area (Å²) in [5, 5.41) is 1.04. The molecule has 0 saturated carbocycles. The Hall–Kier alpha value is -2.49.